The van der Waals surface area contributed by atoms with Gasteiger partial charge in [-0.2, -0.15) is 0 Å². The molecule has 1 N–H and O–H groups in total. The number of methoxy groups -OCH3 is 1. The highest BCUT2D eigenvalue weighted by molar-refractivity contribution is 5.87. The van der Waals surface area contributed by atoms with Crippen molar-refractivity contribution in [3.05, 3.63) is 35.9 Å². The van der Waals surface area contributed by atoms with Crippen LogP contribution in [0, 0.1) is 5.92 Å². The summed E-state index contributed by atoms with van der Waals surface area (Å²) in [6.07, 6.45) is -0.815. The molecule has 0 saturated carbocycles. The monoisotopic (exact) mass is 321 g/mol. The van der Waals surface area contributed by atoms with Gasteiger partial charge in [0.05, 0.1) is 13.5 Å². The molecule has 0 spiro atoms. The lowest BCUT2D eigenvalue weighted by Crippen LogP contribution is -2.44. The van der Waals surface area contributed by atoms with E-state index in [9.17, 15) is 14.4 Å². The van der Waals surface area contributed by atoms with Crippen molar-refractivity contribution >= 4 is 17.8 Å². The molecule has 0 bridgehead atoms. The van der Waals surface area contributed by atoms with Crippen molar-refractivity contribution in [3.63, 3.8) is 0 Å². The van der Waals surface area contributed by atoms with E-state index in [0.29, 0.717) is 0 Å². The third kappa shape index (κ3) is 6.10. The number of amides is 1. The first kappa shape index (κ1) is 18.7. The normalized spacial score (nSPS) is 13.1. The van der Waals surface area contributed by atoms with Crippen LogP contribution in [0.1, 0.15) is 26.3 Å². The number of hydrogen-bond acceptors (Lipinski definition) is 5. The number of esters is 2. The SMILES string of the molecule is COC(=O)[C@@H](OC(=O)[C@H](C)NC(=O)Cc1ccccc1)C(C)C. The predicted molar refractivity (Wildman–Crippen MR) is 84.5 cm³/mol. The zero-order valence-corrected chi connectivity index (χ0v) is 13.9. The Bertz CT molecular complexity index is 541. The van der Waals surface area contributed by atoms with Crippen LogP contribution in [0.5, 0.6) is 0 Å². The first-order valence-electron chi connectivity index (χ1n) is 7.46. The van der Waals surface area contributed by atoms with Gasteiger partial charge in [0.25, 0.3) is 0 Å². The van der Waals surface area contributed by atoms with Gasteiger partial charge in [0.2, 0.25) is 12.0 Å². The van der Waals surface area contributed by atoms with Crippen LogP contribution in [0.2, 0.25) is 0 Å². The summed E-state index contributed by atoms with van der Waals surface area (Å²) in [6, 6.07) is 8.34. The quantitative estimate of drug-likeness (QED) is 0.769. The number of nitrogens with one attached hydrogen (secondary N) is 1. The Hall–Kier alpha value is -2.37. The molecule has 0 radical (unpaired) electrons. The van der Waals surface area contributed by atoms with E-state index in [1.54, 1.807) is 13.8 Å². The van der Waals surface area contributed by atoms with Crippen LogP contribution < -0.4 is 5.32 Å². The number of rotatable bonds is 7. The molecule has 0 aliphatic carbocycles. The van der Waals surface area contributed by atoms with Crippen molar-refractivity contribution in [2.45, 2.75) is 39.3 Å². The molecular weight excluding hydrogens is 298 g/mol. The Morgan fingerprint density at radius 1 is 1.04 bits per heavy atom. The lowest BCUT2D eigenvalue weighted by atomic mass is 10.1. The minimum Gasteiger partial charge on any atom is -0.466 e. The molecule has 0 aromatic heterocycles. The summed E-state index contributed by atoms with van der Waals surface area (Å²) in [6.45, 7) is 5.00. The van der Waals surface area contributed by atoms with Crippen molar-refractivity contribution in [2.75, 3.05) is 7.11 Å². The highest BCUT2D eigenvalue weighted by Gasteiger charge is 2.29. The van der Waals surface area contributed by atoms with E-state index in [1.165, 1.54) is 14.0 Å². The highest BCUT2D eigenvalue weighted by atomic mass is 16.6. The van der Waals surface area contributed by atoms with E-state index in [1.807, 2.05) is 30.3 Å². The maximum atomic E-state index is 12.0. The van der Waals surface area contributed by atoms with Gasteiger partial charge in [0.1, 0.15) is 6.04 Å². The minimum absolute atomic E-state index is 0.170. The van der Waals surface area contributed by atoms with Gasteiger partial charge in [-0.1, -0.05) is 44.2 Å². The number of carbonyl (C=O) groups is 3. The molecule has 1 amide bonds. The first-order chi connectivity index (χ1) is 10.8. The molecule has 6 heteroatoms. The van der Waals surface area contributed by atoms with Gasteiger partial charge < -0.3 is 14.8 Å². The fourth-order valence-electron chi connectivity index (χ4n) is 1.93. The zero-order chi connectivity index (χ0) is 17.4. The first-order valence-corrected chi connectivity index (χ1v) is 7.46. The van der Waals surface area contributed by atoms with Crippen molar-refractivity contribution < 1.29 is 23.9 Å². The topological polar surface area (TPSA) is 81.7 Å². The minimum atomic E-state index is -0.985. The van der Waals surface area contributed by atoms with Crippen LogP contribution in [0.15, 0.2) is 30.3 Å². The van der Waals surface area contributed by atoms with E-state index >= 15 is 0 Å². The molecule has 0 aliphatic rings. The van der Waals surface area contributed by atoms with E-state index in [-0.39, 0.29) is 18.2 Å². The van der Waals surface area contributed by atoms with Crippen molar-refractivity contribution in [1.29, 1.82) is 0 Å². The summed E-state index contributed by atoms with van der Waals surface area (Å²) in [5.41, 5.74) is 0.847. The lowest BCUT2D eigenvalue weighted by Gasteiger charge is -2.21. The summed E-state index contributed by atoms with van der Waals surface area (Å²) in [5.74, 6) is -1.80. The van der Waals surface area contributed by atoms with Gasteiger partial charge >= 0.3 is 11.9 Å². The Morgan fingerprint density at radius 3 is 2.17 bits per heavy atom. The molecule has 0 unspecified atom stereocenters. The summed E-state index contributed by atoms with van der Waals surface area (Å²) >= 11 is 0. The second-order valence-corrected chi connectivity index (χ2v) is 5.58. The van der Waals surface area contributed by atoms with Crippen LogP contribution in [0.25, 0.3) is 0 Å². The average Bonchev–Trinajstić information content (AvgIpc) is 2.52. The van der Waals surface area contributed by atoms with Gasteiger partial charge in [0.15, 0.2) is 0 Å². The number of hydrogen-bond donors (Lipinski definition) is 1. The average molecular weight is 321 g/mol. The zero-order valence-electron chi connectivity index (χ0n) is 13.9. The number of ether oxygens (including phenoxy) is 2. The van der Waals surface area contributed by atoms with Crippen LogP contribution >= 0.6 is 0 Å². The Morgan fingerprint density at radius 2 is 1.65 bits per heavy atom. The smallest absolute Gasteiger partial charge is 0.347 e. The van der Waals surface area contributed by atoms with Crippen molar-refractivity contribution in [2.24, 2.45) is 5.92 Å². The molecular formula is C17H23NO5. The van der Waals surface area contributed by atoms with Crippen LogP contribution in [-0.2, 0) is 30.3 Å². The molecule has 0 fully saturated rings. The maximum Gasteiger partial charge on any atom is 0.347 e. The Labute approximate surface area is 136 Å². The van der Waals surface area contributed by atoms with Crippen molar-refractivity contribution in [3.8, 4) is 0 Å². The van der Waals surface area contributed by atoms with Crippen LogP contribution in [0.3, 0.4) is 0 Å². The summed E-state index contributed by atoms with van der Waals surface area (Å²) in [4.78, 5) is 35.5. The second kappa shape index (κ2) is 8.92. The molecule has 23 heavy (non-hydrogen) atoms. The second-order valence-electron chi connectivity index (χ2n) is 5.58. The summed E-state index contributed by atoms with van der Waals surface area (Å²) < 4.78 is 9.76. The third-order valence-corrected chi connectivity index (χ3v) is 3.22. The number of carbonyl (C=O) groups excluding carboxylic acids is 3. The molecule has 126 valence electrons. The van der Waals surface area contributed by atoms with Gasteiger partial charge in [-0.3, -0.25) is 4.79 Å². The molecule has 1 aromatic carbocycles. The molecule has 2 atom stereocenters. The van der Waals surface area contributed by atoms with E-state index in [0.717, 1.165) is 5.56 Å². The van der Waals surface area contributed by atoms with E-state index in [4.69, 9.17) is 4.74 Å². The molecule has 6 nitrogen and oxygen atoms in total. The molecule has 0 aliphatic heterocycles. The van der Waals surface area contributed by atoms with E-state index < -0.39 is 24.1 Å². The molecule has 0 heterocycles. The van der Waals surface area contributed by atoms with Gasteiger partial charge in [-0.05, 0) is 12.5 Å². The van der Waals surface area contributed by atoms with Crippen LogP contribution in [-0.4, -0.2) is 37.1 Å². The van der Waals surface area contributed by atoms with Crippen LogP contribution in [0.4, 0.5) is 0 Å². The predicted octanol–water partition coefficient (Wildman–Crippen LogP) is 1.47. The summed E-state index contributed by atoms with van der Waals surface area (Å²) in [7, 11) is 1.23. The van der Waals surface area contributed by atoms with E-state index in [2.05, 4.69) is 10.1 Å². The Kier molecular flexibility index (Phi) is 7.25. The van der Waals surface area contributed by atoms with Gasteiger partial charge in [-0.15, -0.1) is 0 Å². The molecule has 0 saturated heterocycles. The lowest BCUT2D eigenvalue weighted by molar-refractivity contribution is -0.170. The largest absolute Gasteiger partial charge is 0.466 e. The fraction of sp³-hybridized carbons (Fsp3) is 0.471. The molecule has 1 aromatic rings. The standard InChI is InChI=1S/C17H23NO5/c1-11(2)15(17(21)22-4)23-16(20)12(3)18-14(19)10-13-8-6-5-7-9-13/h5-9,11-12,15H,10H2,1-4H3,(H,18,19)/t12-,15-/m0/s1. The fourth-order valence-corrected chi connectivity index (χ4v) is 1.93. The maximum absolute atomic E-state index is 12.0. The summed E-state index contributed by atoms with van der Waals surface area (Å²) in [5, 5.41) is 2.56. The third-order valence-electron chi connectivity index (χ3n) is 3.22. The highest BCUT2D eigenvalue weighted by Crippen LogP contribution is 2.10. The van der Waals surface area contributed by atoms with Gasteiger partial charge in [-0.25, -0.2) is 9.59 Å². The Balaban J connectivity index is 2.55. The number of benzene rings is 1. The van der Waals surface area contributed by atoms with Crippen molar-refractivity contribution in [1.82, 2.24) is 5.32 Å². The van der Waals surface area contributed by atoms with Gasteiger partial charge in [0, 0.05) is 5.92 Å². The molecule has 1 rings (SSSR count).